The third-order valence-corrected chi connectivity index (χ3v) is 5.67. The quantitative estimate of drug-likeness (QED) is 0.901. The van der Waals surface area contributed by atoms with Crippen molar-refractivity contribution < 1.29 is 0 Å². The maximum atomic E-state index is 4.49. The average molecular weight is 278 g/mol. The Bertz CT molecular complexity index is 515. The molecule has 0 amide bonds. The van der Waals surface area contributed by atoms with Crippen LogP contribution in [0, 0.1) is 0 Å². The van der Waals surface area contributed by atoms with Crippen LogP contribution in [0.2, 0.25) is 0 Å². The van der Waals surface area contributed by atoms with Gasteiger partial charge < -0.3 is 5.32 Å². The smallest absolute Gasteiger partial charge is 0.117 e. The number of hydrogen-bond donors (Lipinski definition) is 1. The van der Waals surface area contributed by atoms with E-state index in [0.717, 1.165) is 10.8 Å². The van der Waals surface area contributed by atoms with Gasteiger partial charge in [-0.15, -0.1) is 0 Å². The molecule has 96 valence electrons. The van der Waals surface area contributed by atoms with Crippen LogP contribution in [0.4, 0.5) is 5.00 Å². The zero-order valence-corrected chi connectivity index (χ0v) is 12.2. The number of hydrogen-bond acceptors (Lipinski definition) is 4. The van der Waals surface area contributed by atoms with Gasteiger partial charge in [-0.05, 0) is 55.6 Å². The molecule has 1 saturated carbocycles. The average Bonchev–Trinajstić information content (AvgIpc) is 2.83. The number of fused-ring (bicyclic) bond motifs is 1. The fraction of sp³-hybridized carbons (Fsp3) is 0.500. The summed E-state index contributed by atoms with van der Waals surface area (Å²) in [6.45, 7) is 0. The molecule has 0 saturated heterocycles. The number of aromatic nitrogens is 1. The first kappa shape index (κ1) is 12.3. The Hall–Kier alpha value is -0.740. The van der Waals surface area contributed by atoms with Crippen LogP contribution < -0.4 is 5.32 Å². The van der Waals surface area contributed by atoms with Gasteiger partial charge in [0, 0.05) is 16.7 Å². The van der Waals surface area contributed by atoms with Crippen LogP contribution in [0.1, 0.15) is 25.7 Å². The van der Waals surface area contributed by atoms with Crippen LogP contribution in [0.3, 0.4) is 0 Å². The van der Waals surface area contributed by atoms with Crippen molar-refractivity contribution in [2.45, 2.75) is 37.0 Å². The van der Waals surface area contributed by atoms with Crippen LogP contribution in [0.25, 0.3) is 10.9 Å². The highest BCUT2D eigenvalue weighted by molar-refractivity contribution is 7.99. The molecule has 1 fully saturated rings. The first-order valence-electron chi connectivity index (χ1n) is 6.50. The van der Waals surface area contributed by atoms with Crippen molar-refractivity contribution in [1.29, 1.82) is 0 Å². The third kappa shape index (κ3) is 2.50. The summed E-state index contributed by atoms with van der Waals surface area (Å²) in [5, 5.41) is 7.09. The van der Waals surface area contributed by atoms with Crippen molar-refractivity contribution in [2.24, 2.45) is 0 Å². The lowest BCUT2D eigenvalue weighted by Crippen LogP contribution is -2.26. The Labute approximate surface area is 116 Å². The predicted molar refractivity (Wildman–Crippen MR) is 82.8 cm³/mol. The largest absolute Gasteiger partial charge is 0.372 e. The standard InChI is InChI=1S/C14H18N2S2/c1-17-11-8-6-10(7-9-11)15-14-12-4-2-3-5-13(12)16-18-14/h2-5,10-11,15H,6-9H2,1H3. The molecule has 1 aromatic heterocycles. The van der Waals surface area contributed by atoms with Crippen molar-refractivity contribution in [3.63, 3.8) is 0 Å². The molecule has 1 N–H and O–H groups in total. The van der Waals surface area contributed by atoms with Gasteiger partial charge in [0.1, 0.15) is 5.00 Å². The second kappa shape index (κ2) is 5.49. The zero-order valence-electron chi connectivity index (χ0n) is 10.6. The van der Waals surface area contributed by atoms with Crippen LogP contribution >= 0.6 is 23.3 Å². The molecule has 2 aromatic rings. The van der Waals surface area contributed by atoms with Crippen molar-refractivity contribution in [1.82, 2.24) is 4.37 Å². The van der Waals surface area contributed by atoms with Gasteiger partial charge in [-0.3, -0.25) is 0 Å². The van der Waals surface area contributed by atoms with Crippen LogP contribution in [-0.2, 0) is 0 Å². The lowest BCUT2D eigenvalue weighted by Gasteiger charge is -2.28. The zero-order chi connectivity index (χ0) is 12.4. The number of nitrogens with zero attached hydrogens (tertiary/aromatic N) is 1. The molecular formula is C14H18N2S2. The summed E-state index contributed by atoms with van der Waals surface area (Å²) < 4.78 is 4.49. The summed E-state index contributed by atoms with van der Waals surface area (Å²) in [6.07, 6.45) is 7.50. The van der Waals surface area contributed by atoms with Crippen molar-refractivity contribution in [3.8, 4) is 0 Å². The number of anilines is 1. The maximum absolute atomic E-state index is 4.49. The first-order chi connectivity index (χ1) is 8.86. The van der Waals surface area contributed by atoms with Gasteiger partial charge in [-0.25, -0.2) is 0 Å². The predicted octanol–water partition coefficient (Wildman–Crippen LogP) is 4.38. The highest BCUT2D eigenvalue weighted by atomic mass is 32.2. The molecule has 0 unspecified atom stereocenters. The Balaban J connectivity index is 1.70. The SMILES string of the molecule is CSC1CCC(Nc2snc3ccccc23)CC1. The molecule has 1 aromatic carbocycles. The Morgan fingerprint density at radius 2 is 2.00 bits per heavy atom. The van der Waals surface area contributed by atoms with Gasteiger partial charge in [0.25, 0.3) is 0 Å². The Morgan fingerprint density at radius 1 is 1.22 bits per heavy atom. The molecule has 0 aliphatic heterocycles. The van der Waals surface area contributed by atoms with E-state index in [1.54, 1.807) is 11.5 Å². The normalized spacial score (nSPS) is 24.3. The van der Waals surface area contributed by atoms with E-state index in [1.165, 1.54) is 36.1 Å². The number of thioether (sulfide) groups is 1. The summed E-state index contributed by atoms with van der Waals surface area (Å²) in [6, 6.07) is 9.02. The lowest BCUT2D eigenvalue weighted by atomic mass is 9.95. The van der Waals surface area contributed by atoms with Gasteiger partial charge in [0.05, 0.1) is 5.52 Å². The van der Waals surface area contributed by atoms with Gasteiger partial charge in [-0.1, -0.05) is 12.1 Å². The molecular weight excluding hydrogens is 260 g/mol. The van der Waals surface area contributed by atoms with E-state index in [4.69, 9.17) is 0 Å². The molecule has 0 atom stereocenters. The van der Waals surface area contributed by atoms with E-state index < -0.39 is 0 Å². The van der Waals surface area contributed by atoms with Gasteiger partial charge in [0.2, 0.25) is 0 Å². The number of rotatable bonds is 3. The molecule has 0 spiro atoms. The molecule has 0 bridgehead atoms. The topological polar surface area (TPSA) is 24.9 Å². The molecule has 4 heteroatoms. The molecule has 2 nitrogen and oxygen atoms in total. The Morgan fingerprint density at radius 3 is 2.78 bits per heavy atom. The monoisotopic (exact) mass is 278 g/mol. The molecule has 3 rings (SSSR count). The highest BCUT2D eigenvalue weighted by Crippen LogP contribution is 2.32. The van der Waals surface area contributed by atoms with E-state index in [-0.39, 0.29) is 0 Å². The maximum Gasteiger partial charge on any atom is 0.117 e. The number of nitrogens with one attached hydrogen (secondary N) is 1. The van der Waals surface area contributed by atoms with E-state index in [0.29, 0.717) is 6.04 Å². The van der Waals surface area contributed by atoms with Crippen LogP contribution in [0.15, 0.2) is 24.3 Å². The summed E-state index contributed by atoms with van der Waals surface area (Å²) in [5.41, 5.74) is 1.11. The second-order valence-electron chi connectivity index (χ2n) is 4.88. The molecule has 0 radical (unpaired) electrons. The Kier molecular flexibility index (Phi) is 3.75. The molecule has 1 aliphatic rings. The van der Waals surface area contributed by atoms with Crippen molar-refractivity contribution >= 4 is 39.2 Å². The second-order valence-corrected chi connectivity index (χ2v) is 6.79. The van der Waals surface area contributed by atoms with E-state index in [9.17, 15) is 0 Å². The van der Waals surface area contributed by atoms with E-state index >= 15 is 0 Å². The lowest BCUT2D eigenvalue weighted by molar-refractivity contribution is 0.474. The van der Waals surface area contributed by atoms with Crippen molar-refractivity contribution in [2.75, 3.05) is 11.6 Å². The highest BCUT2D eigenvalue weighted by Gasteiger charge is 2.21. The summed E-state index contributed by atoms with van der Waals surface area (Å²) >= 11 is 3.62. The molecule has 1 heterocycles. The van der Waals surface area contributed by atoms with Gasteiger partial charge in [-0.2, -0.15) is 16.1 Å². The molecule has 1 aliphatic carbocycles. The first-order valence-corrected chi connectivity index (χ1v) is 8.56. The minimum absolute atomic E-state index is 0.636. The summed E-state index contributed by atoms with van der Waals surface area (Å²) in [4.78, 5) is 0. The fourth-order valence-electron chi connectivity index (χ4n) is 2.62. The fourth-order valence-corrected chi connectivity index (χ4v) is 4.20. The summed E-state index contributed by atoms with van der Waals surface area (Å²) in [5.74, 6) is 0. The number of benzene rings is 1. The van der Waals surface area contributed by atoms with Gasteiger partial charge >= 0.3 is 0 Å². The van der Waals surface area contributed by atoms with Gasteiger partial charge in [0.15, 0.2) is 0 Å². The molecule has 18 heavy (non-hydrogen) atoms. The third-order valence-electron chi connectivity index (χ3n) is 3.73. The van der Waals surface area contributed by atoms with E-state index in [1.807, 2.05) is 11.8 Å². The van der Waals surface area contributed by atoms with E-state index in [2.05, 4.69) is 40.2 Å². The van der Waals surface area contributed by atoms with Crippen molar-refractivity contribution in [3.05, 3.63) is 24.3 Å². The van der Waals surface area contributed by atoms with Crippen LogP contribution in [-0.4, -0.2) is 21.9 Å². The summed E-state index contributed by atoms with van der Waals surface area (Å²) in [7, 11) is 0. The van der Waals surface area contributed by atoms with Crippen LogP contribution in [0.5, 0.6) is 0 Å². The minimum atomic E-state index is 0.636. The minimum Gasteiger partial charge on any atom is -0.372 e.